The maximum Gasteiger partial charge on any atom is 0.387 e. The molecule has 0 fully saturated rings. The number of hydrogen-bond donors (Lipinski definition) is 0. The van der Waals surface area contributed by atoms with E-state index in [1.165, 1.54) is 25.1 Å². The molecule has 1 unspecified atom stereocenters. The fourth-order valence-corrected chi connectivity index (χ4v) is 1.72. The highest BCUT2D eigenvalue weighted by atomic mass is 35.5. The van der Waals surface area contributed by atoms with Crippen LogP contribution >= 0.6 is 11.6 Å². The number of hydrogen-bond acceptors (Lipinski definition) is 3. The Morgan fingerprint density at radius 2 is 2.22 bits per heavy atom. The number of carbonyl (C=O) groups excluding carboxylic acids is 1. The molecule has 0 amide bonds. The van der Waals surface area contributed by atoms with Crippen molar-refractivity contribution in [2.24, 2.45) is 0 Å². The summed E-state index contributed by atoms with van der Waals surface area (Å²) in [5, 5.41) is 7.72. The van der Waals surface area contributed by atoms with E-state index in [0.29, 0.717) is 5.56 Å². The quantitative estimate of drug-likeness (QED) is 0.774. The van der Waals surface area contributed by atoms with Gasteiger partial charge < -0.3 is 4.74 Å². The summed E-state index contributed by atoms with van der Waals surface area (Å²) in [4.78, 5) is 11.2. The average Bonchev–Trinajstić information content (AvgIpc) is 2.30. The molecule has 0 heterocycles. The first-order chi connectivity index (χ1) is 8.47. The van der Waals surface area contributed by atoms with E-state index in [1.807, 2.05) is 6.07 Å². The highest BCUT2D eigenvalue weighted by molar-refractivity contribution is 6.30. The van der Waals surface area contributed by atoms with Gasteiger partial charge in [0.15, 0.2) is 5.78 Å². The highest BCUT2D eigenvalue weighted by Gasteiger charge is 2.21. The fourth-order valence-electron chi connectivity index (χ4n) is 1.51. The molecule has 0 radical (unpaired) electrons. The summed E-state index contributed by atoms with van der Waals surface area (Å²) in [6.45, 7) is -1.71. The Morgan fingerprint density at radius 1 is 1.56 bits per heavy atom. The Morgan fingerprint density at radius 3 is 2.72 bits per heavy atom. The van der Waals surface area contributed by atoms with Crippen LogP contribution in [-0.4, -0.2) is 12.4 Å². The van der Waals surface area contributed by atoms with Gasteiger partial charge in [0.1, 0.15) is 11.1 Å². The van der Waals surface area contributed by atoms with E-state index in [0.717, 1.165) is 0 Å². The Balaban J connectivity index is 3.25. The van der Waals surface area contributed by atoms with E-state index in [-0.39, 0.29) is 23.5 Å². The molecule has 0 N–H and O–H groups in total. The van der Waals surface area contributed by atoms with Crippen LogP contribution in [0, 0.1) is 11.3 Å². The second-order valence-corrected chi connectivity index (χ2v) is 3.95. The maximum atomic E-state index is 12.2. The van der Waals surface area contributed by atoms with Gasteiger partial charge in [0.25, 0.3) is 0 Å². The van der Waals surface area contributed by atoms with Crippen molar-refractivity contribution in [3.8, 4) is 11.8 Å². The first-order valence-electron chi connectivity index (χ1n) is 5.05. The van der Waals surface area contributed by atoms with Gasteiger partial charge in [-0.1, -0.05) is 12.1 Å². The number of ether oxygens (including phenoxy) is 1. The molecule has 96 valence electrons. The van der Waals surface area contributed by atoms with E-state index < -0.39 is 12.0 Å². The van der Waals surface area contributed by atoms with Crippen LogP contribution in [-0.2, 0) is 11.2 Å². The summed E-state index contributed by atoms with van der Waals surface area (Å²) in [5.41, 5.74) is 0.541. The molecule has 0 saturated carbocycles. The lowest BCUT2D eigenvalue weighted by Crippen LogP contribution is -2.09. The van der Waals surface area contributed by atoms with Crippen LogP contribution in [0.1, 0.15) is 23.4 Å². The van der Waals surface area contributed by atoms with Gasteiger partial charge in [-0.3, -0.25) is 4.79 Å². The molecule has 0 aliphatic heterocycles. The molecule has 0 saturated heterocycles. The van der Waals surface area contributed by atoms with Gasteiger partial charge in [0, 0.05) is 5.56 Å². The summed E-state index contributed by atoms with van der Waals surface area (Å²) >= 11 is 5.89. The summed E-state index contributed by atoms with van der Waals surface area (Å²) in [6, 6.07) is 6.12. The average molecular weight is 274 g/mol. The van der Waals surface area contributed by atoms with Gasteiger partial charge in [-0.05, 0) is 18.6 Å². The lowest BCUT2D eigenvalue weighted by atomic mass is 9.99. The van der Waals surface area contributed by atoms with Crippen molar-refractivity contribution in [3.63, 3.8) is 0 Å². The van der Waals surface area contributed by atoms with E-state index in [1.54, 1.807) is 0 Å². The Bertz CT molecular complexity index is 485. The first-order valence-corrected chi connectivity index (χ1v) is 5.49. The first kappa shape index (κ1) is 14.4. The molecule has 18 heavy (non-hydrogen) atoms. The van der Waals surface area contributed by atoms with Crippen molar-refractivity contribution in [2.45, 2.75) is 25.3 Å². The molecule has 1 rings (SSSR count). The van der Waals surface area contributed by atoms with E-state index in [2.05, 4.69) is 4.74 Å². The number of halogens is 3. The molecular weight excluding hydrogens is 264 g/mol. The monoisotopic (exact) mass is 273 g/mol. The number of carbonyl (C=O) groups is 1. The van der Waals surface area contributed by atoms with Crippen LogP contribution in [0.3, 0.4) is 0 Å². The molecule has 0 aromatic heterocycles. The maximum absolute atomic E-state index is 12.2. The minimum atomic E-state index is -3.00. The Kier molecular flexibility index (Phi) is 5.05. The lowest BCUT2D eigenvalue weighted by Gasteiger charge is -2.15. The van der Waals surface area contributed by atoms with Gasteiger partial charge in [-0.25, -0.2) is 0 Å². The lowest BCUT2D eigenvalue weighted by molar-refractivity contribution is -0.116. The molecule has 6 heteroatoms. The zero-order valence-electron chi connectivity index (χ0n) is 9.49. The molecule has 0 aliphatic carbocycles. The van der Waals surface area contributed by atoms with E-state index in [4.69, 9.17) is 16.9 Å². The smallest absolute Gasteiger partial charge is 0.387 e. The van der Waals surface area contributed by atoms with Gasteiger partial charge in [-0.2, -0.15) is 14.0 Å². The van der Waals surface area contributed by atoms with Crippen molar-refractivity contribution >= 4 is 17.4 Å². The Labute approximate surface area is 108 Å². The number of ketones is 1. The van der Waals surface area contributed by atoms with Crippen LogP contribution in [0.4, 0.5) is 8.78 Å². The third-order valence-corrected chi connectivity index (χ3v) is 2.81. The van der Waals surface area contributed by atoms with Crippen molar-refractivity contribution < 1.29 is 18.3 Å². The van der Waals surface area contributed by atoms with Crippen molar-refractivity contribution in [2.75, 3.05) is 0 Å². The second kappa shape index (κ2) is 6.31. The number of nitrogens with zero attached hydrogens (tertiary/aromatic N) is 1. The largest absolute Gasteiger partial charge is 0.434 e. The van der Waals surface area contributed by atoms with Crippen LogP contribution in [0.15, 0.2) is 18.2 Å². The third-order valence-electron chi connectivity index (χ3n) is 2.27. The molecule has 1 aromatic carbocycles. The molecule has 0 bridgehead atoms. The number of nitriles is 1. The number of alkyl halides is 3. The van der Waals surface area contributed by atoms with Crippen LogP contribution < -0.4 is 4.74 Å². The summed E-state index contributed by atoms with van der Waals surface area (Å²) < 4.78 is 28.8. The zero-order chi connectivity index (χ0) is 13.7. The molecular formula is C12H10ClF2NO2. The number of benzene rings is 1. The predicted molar refractivity (Wildman–Crippen MR) is 61.7 cm³/mol. The summed E-state index contributed by atoms with van der Waals surface area (Å²) in [6.07, 6.45) is -0.158. The van der Waals surface area contributed by atoms with Crippen molar-refractivity contribution in [1.29, 1.82) is 5.26 Å². The third kappa shape index (κ3) is 3.41. The highest BCUT2D eigenvalue weighted by Crippen LogP contribution is 2.32. The molecule has 0 spiro atoms. The summed E-state index contributed by atoms with van der Waals surface area (Å²) in [5.74, 6) is -0.457. The Hall–Kier alpha value is -1.67. The second-order valence-electron chi connectivity index (χ2n) is 3.51. The van der Waals surface area contributed by atoms with Gasteiger partial charge in [0.2, 0.25) is 0 Å². The van der Waals surface area contributed by atoms with E-state index >= 15 is 0 Å². The van der Waals surface area contributed by atoms with Crippen LogP contribution in [0.25, 0.3) is 0 Å². The van der Waals surface area contributed by atoms with Crippen LogP contribution in [0.5, 0.6) is 5.75 Å². The van der Waals surface area contributed by atoms with Crippen LogP contribution in [0.2, 0.25) is 0 Å². The van der Waals surface area contributed by atoms with Gasteiger partial charge in [0.05, 0.1) is 12.5 Å². The van der Waals surface area contributed by atoms with Gasteiger partial charge >= 0.3 is 6.61 Å². The fraction of sp³-hybridized carbons (Fsp3) is 0.333. The van der Waals surface area contributed by atoms with Crippen molar-refractivity contribution in [3.05, 3.63) is 29.3 Å². The molecule has 1 atom stereocenters. The predicted octanol–water partition coefficient (Wildman–Crippen LogP) is 3.22. The number of Topliss-reactive ketones (excluding diaryl/α,β-unsaturated/α-hetero) is 1. The summed E-state index contributed by atoms with van der Waals surface area (Å²) in [7, 11) is 0. The van der Waals surface area contributed by atoms with Crippen molar-refractivity contribution in [1.82, 2.24) is 0 Å². The standard InChI is InChI=1S/C12H10ClF2NO2/c1-7(17)11(13)9-3-2-4-10(18-12(14)15)8(9)5-6-16/h2-4,11-12H,5H2,1H3. The normalized spacial score (nSPS) is 12.0. The molecule has 0 aliphatic rings. The number of rotatable bonds is 5. The SMILES string of the molecule is CC(=O)C(Cl)c1cccc(OC(F)F)c1CC#N. The van der Waals surface area contributed by atoms with E-state index in [9.17, 15) is 13.6 Å². The molecule has 1 aromatic rings. The molecule has 3 nitrogen and oxygen atoms in total. The topological polar surface area (TPSA) is 50.1 Å². The minimum Gasteiger partial charge on any atom is -0.434 e. The zero-order valence-corrected chi connectivity index (χ0v) is 10.2. The van der Waals surface area contributed by atoms with Gasteiger partial charge in [-0.15, -0.1) is 11.6 Å². The minimum absolute atomic E-state index is 0.129.